The lowest BCUT2D eigenvalue weighted by molar-refractivity contribution is 0.239. The Labute approximate surface area is 102 Å². The van der Waals surface area contributed by atoms with Gasteiger partial charge in [-0.25, -0.2) is 4.98 Å². The first-order chi connectivity index (χ1) is 7.97. The molecule has 3 heteroatoms. The van der Waals surface area contributed by atoms with E-state index in [2.05, 4.69) is 29.4 Å². The lowest BCUT2D eigenvalue weighted by Gasteiger charge is -2.16. The van der Waals surface area contributed by atoms with Gasteiger partial charge in [0.05, 0.1) is 11.8 Å². The zero-order chi connectivity index (χ0) is 12.6. The van der Waals surface area contributed by atoms with Crippen LogP contribution in [0.1, 0.15) is 44.9 Å². The Hall–Kier alpha value is -1.51. The first kappa shape index (κ1) is 12.0. The summed E-state index contributed by atoms with van der Waals surface area (Å²) in [7, 11) is 0. The number of hydrogen-bond donors (Lipinski definition) is 0. The number of hydrogen-bond acceptors (Lipinski definition) is 2. The Morgan fingerprint density at radius 2 is 1.88 bits per heavy atom. The van der Waals surface area contributed by atoms with Crippen LogP contribution in [0, 0.1) is 6.92 Å². The molecule has 0 radical (unpaired) electrons. The standard InChI is InChI=1S/C14H20N2O/c1-9(2)12-8-16-7-11(5)15-14(16)6-13(12)17-10(3)4/h6-10H,1-5H3. The third kappa shape index (κ3) is 2.43. The predicted molar refractivity (Wildman–Crippen MR) is 69.8 cm³/mol. The van der Waals surface area contributed by atoms with Gasteiger partial charge in [-0.1, -0.05) is 13.8 Å². The fourth-order valence-electron chi connectivity index (χ4n) is 1.95. The van der Waals surface area contributed by atoms with Crippen molar-refractivity contribution in [2.24, 2.45) is 0 Å². The molecule has 0 saturated carbocycles. The number of nitrogens with zero attached hydrogens (tertiary/aromatic N) is 2. The van der Waals surface area contributed by atoms with Gasteiger partial charge in [0.15, 0.2) is 0 Å². The van der Waals surface area contributed by atoms with E-state index in [1.807, 2.05) is 33.0 Å². The van der Waals surface area contributed by atoms with Crippen LogP contribution in [0.3, 0.4) is 0 Å². The highest BCUT2D eigenvalue weighted by Crippen LogP contribution is 2.28. The minimum absolute atomic E-state index is 0.186. The minimum Gasteiger partial charge on any atom is -0.491 e. The van der Waals surface area contributed by atoms with Crippen LogP contribution in [-0.2, 0) is 0 Å². The van der Waals surface area contributed by atoms with Crippen LogP contribution in [0.4, 0.5) is 0 Å². The SMILES string of the molecule is Cc1cn2cc(C(C)C)c(OC(C)C)cc2n1. The molecule has 2 rings (SSSR count). The summed E-state index contributed by atoms with van der Waals surface area (Å²) in [4.78, 5) is 4.46. The average Bonchev–Trinajstić information content (AvgIpc) is 2.54. The van der Waals surface area contributed by atoms with Crippen LogP contribution in [0.5, 0.6) is 5.75 Å². The second-order valence-electron chi connectivity index (χ2n) is 5.06. The molecule has 2 aromatic rings. The maximum Gasteiger partial charge on any atom is 0.140 e. The maximum absolute atomic E-state index is 5.87. The highest BCUT2D eigenvalue weighted by molar-refractivity contribution is 5.50. The zero-order valence-electron chi connectivity index (χ0n) is 11.2. The van der Waals surface area contributed by atoms with E-state index in [0.717, 1.165) is 17.1 Å². The van der Waals surface area contributed by atoms with Gasteiger partial charge in [0, 0.05) is 24.0 Å². The van der Waals surface area contributed by atoms with Crippen LogP contribution in [0.25, 0.3) is 5.65 Å². The van der Waals surface area contributed by atoms with E-state index in [9.17, 15) is 0 Å². The van der Waals surface area contributed by atoms with Crippen molar-refractivity contribution < 1.29 is 4.74 Å². The second-order valence-corrected chi connectivity index (χ2v) is 5.06. The molecule has 17 heavy (non-hydrogen) atoms. The summed E-state index contributed by atoms with van der Waals surface area (Å²) in [5.41, 5.74) is 3.20. The monoisotopic (exact) mass is 232 g/mol. The molecule has 0 aliphatic rings. The summed E-state index contributed by atoms with van der Waals surface area (Å²) in [6.07, 6.45) is 4.35. The van der Waals surface area contributed by atoms with Crippen LogP contribution >= 0.6 is 0 Å². The number of aryl methyl sites for hydroxylation is 1. The van der Waals surface area contributed by atoms with Gasteiger partial charge in [0.2, 0.25) is 0 Å². The quantitative estimate of drug-likeness (QED) is 0.809. The third-order valence-corrected chi connectivity index (χ3v) is 2.69. The normalized spacial score (nSPS) is 11.7. The lowest BCUT2D eigenvalue weighted by Crippen LogP contribution is -2.09. The average molecular weight is 232 g/mol. The van der Waals surface area contributed by atoms with E-state index in [1.54, 1.807) is 0 Å². The summed E-state index contributed by atoms with van der Waals surface area (Å²) in [5.74, 6) is 1.39. The Morgan fingerprint density at radius 3 is 2.47 bits per heavy atom. The first-order valence-electron chi connectivity index (χ1n) is 6.13. The van der Waals surface area contributed by atoms with Crippen molar-refractivity contribution in [1.82, 2.24) is 9.38 Å². The Morgan fingerprint density at radius 1 is 1.18 bits per heavy atom. The number of fused-ring (bicyclic) bond motifs is 1. The molecule has 0 unspecified atom stereocenters. The molecular weight excluding hydrogens is 212 g/mol. The van der Waals surface area contributed by atoms with Gasteiger partial charge in [-0.3, -0.25) is 0 Å². The van der Waals surface area contributed by atoms with Crippen molar-refractivity contribution in [1.29, 1.82) is 0 Å². The molecular formula is C14H20N2O. The largest absolute Gasteiger partial charge is 0.491 e. The molecule has 0 bridgehead atoms. The topological polar surface area (TPSA) is 26.5 Å². The van der Waals surface area contributed by atoms with Gasteiger partial charge in [0.25, 0.3) is 0 Å². The third-order valence-electron chi connectivity index (χ3n) is 2.69. The first-order valence-corrected chi connectivity index (χ1v) is 6.13. The van der Waals surface area contributed by atoms with Gasteiger partial charge < -0.3 is 9.14 Å². The maximum atomic E-state index is 5.87. The molecule has 2 aromatic heterocycles. The van der Waals surface area contributed by atoms with Crippen molar-refractivity contribution >= 4 is 5.65 Å². The Bertz CT molecular complexity index is 526. The molecule has 0 atom stereocenters. The fourth-order valence-corrected chi connectivity index (χ4v) is 1.95. The molecule has 0 spiro atoms. The van der Waals surface area contributed by atoms with E-state index in [0.29, 0.717) is 5.92 Å². The minimum atomic E-state index is 0.186. The van der Waals surface area contributed by atoms with Crippen molar-refractivity contribution in [2.45, 2.75) is 46.6 Å². The fraction of sp³-hybridized carbons (Fsp3) is 0.500. The molecule has 0 aliphatic carbocycles. The molecule has 3 nitrogen and oxygen atoms in total. The Balaban J connectivity index is 2.57. The van der Waals surface area contributed by atoms with Gasteiger partial charge in [-0.15, -0.1) is 0 Å². The van der Waals surface area contributed by atoms with Crippen LogP contribution in [0.2, 0.25) is 0 Å². The molecule has 0 aliphatic heterocycles. The van der Waals surface area contributed by atoms with Gasteiger partial charge in [0.1, 0.15) is 11.4 Å². The summed E-state index contributed by atoms with van der Waals surface area (Å²) in [6, 6.07) is 2.03. The molecule has 2 heterocycles. The highest BCUT2D eigenvalue weighted by atomic mass is 16.5. The lowest BCUT2D eigenvalue weighted by atomic mass is 10.0. The number of aromatic nitrogens is 2. The van der Waals surface area contributed by atoms with Crippen LogP contribution < -0.4 is 4.74 Å². The second kappa shape index (κ2) is 4.40. The number of pyridine rings is 1. The van der Waals surface area contributed by atoms with Gasteiger partial charge in [-0.2, -0.15) is 0 Å². The summed E-state index contributed by atoms with van der Waals surface area (Å²) in [6.45, 7) is 10.5. The Kier molecular flexibility index (Phi) is 3.09. The summed E-state index contributed by atoms with van der Waals surface area (Å²) >= 11 is 0. The van der Waals surface area contributed by atoms with E-state index >= 15 is 0 Å². The highest BCUT2D eigenvalue weighted by Gasteiger charge is 2.12. The van der Waals surface area contributed by atoms with Crippen molar-refractivity contribution in [3.63, 3.8) is 0 Å². The van der Waals surface area contributed by atoms with Gasteiger partial charge in [-0.05, 0) is 26.7 Å². The smallest absolute Gasteiger partial charge is 0.140 e. The van der Waals surface area contributed by atoms with Crippen molar-refractivity contribution in [3.05, 3.63) is 29.7 Å². The van der Waals surface area contributed by atoms with Crippen LogP contribution in [0.15, 0.2) is 18.5 Å². The van der Waals surface area contributed by atoms with Crippen LogP contribution in [-0.4, -0.2) is 15.5 Å². The van der Waals surface area contributed by atoms with E-state index in [1.165, 1.54) is 5.56 Å². The summed E-state index contributed by atoms with van der Waals surface area (Å²) in [5, 5.41) is 0. The number of rotatable bonds is 3. The van der Waals surface area contributed by atoms with E-state index in [-0.39, 0.29) is 6.10 Å². The predicted octanol–water partition coefficient (Wildman–Crippen LogP) is 3.55. The van der Waals surface area contributed by atoms with Crippen molar-refractivity contribution in [3.8, 4) is 5.75 Å². The molecule has 0 N–H and O–H groups in total. The molecule has 0 saturated heterocycles. The number of imidazole rings is 1. The zero-order valence-corrected chi connectivity index (χ0v) is 11.2. The molecule has 0 aromatic carbocycles. The van der Waals surface area contributed by atoms with E-state index < -0.39 is 0 Å². The molecule has 0 amide bonds. The number of ether oxygens (including phenoxy) is 1. The summed E-state index contributed by atoms with van der Waals surface area (Å²) < 4.78 is 7.94. The van der Waals surface area contributed by atoms with Gasteiger partial charge >= 0.3 is 0 Å². The molecule has 92 valence electrons. The molecule has 0 fully saturated rings. The van der Waals surface area contributed by atoms with E-state index in [4.69, 9.17) is 4.74 Å². The van der Waals surface area contributed by atoms with Crippen molar-refractivity contribution in [2.75, 3.05) is 0 Å².